The van der Waals surface area contributed by atoms with E-state index in [1.807, 2.05) is 0 Å². The minimum Gasteiger partial charge on any atom is -0.458 e. The van der Waals surface area contributed by atoms with Crippen LogP contribution in [0.2, 0.25) is 0 Å². The maximum Gasteiger partial charge on any atom is 0.573 e. The summed E-state index contributed by atoms with van der Waals surface area (Å²) in [5.41, 5.74) is 0.288. The predicted molar refractivity (Wildman–Crippen MR) is 84.7 cm³/mol. The first-order valence-electron chi connectivity index (χ1n) is 7.99. The van der Waals surface area contributed by atoms with Crippen molar-refractivity contribution in [1.29, 1.82) is 0 Å². The van der Waals surface area contributed by atoms with Crippen LogP contribution in [0, 0.1) is 0 Å². The molecule has 1 saturated heterocycles. The van der Waals surface area contributed by atoms with Crippen molar-refractivity contribution in [3.63, 3.8) is 0 Å². The van der Waals surface area contributed by atoms with Gasteiger partial charge >= 0.3 is 12.4 Å². The second-order valence-electron chi connectivity index (χ2n) is 5.74. The van der Waals surface area contributed by atoms with Crippen LogP contribution in [0.5, 0.6) is 11.8 Å². The Morgan fingerprint density at radius 1 is 1.15 bits per heavy atom. The van der Waals surface area contributed by atoms with Crippen LogP contribution in [-0.4, -0.2) is 46.3 Å². The van der Waals surface area contributed by atoms with E-state index in [4.69, 9.17) is 4.74 Å². The van der Waals surface area contributed by atoms with E-state index < -0.39 is 6.36 Å². The second-order valence-corrected chi connectivity index (χ2v) is 5.74. The van der Waals surface area contributed by atoms with Crippen LogP contribution in [0.25, 0.3) is 0 Å². The number of halogens is 3. The number of benzene rings is 1. The number of carbonyl (C=O) groups is 1. The molecule has 1 fully saturated rings. The average molecular weight is 367 g/mol. The fourth-order valence-electron chi connectivity index (χ4n) is 2.70. The Morgan fingerprint density at radius 3 is 2.50 bits per heavy atom. The minimum absolute atomic E-state index is 0.233. The SMILES string of the molecule is O=C(c1ccc(OC(F)(F)F)cc1)N1CCCC(Oc2ncccn2)C1. The zero-order valence-corrected chi connectivity index (χ0v) is 13.6. The van der Waals surface area contributed by atoms with Crippen molar-refractivity contribution < 1.29 is 27.4 Å². The maximum absolute atomic E-state index is 12.6. The molecule has 9 heteroatoms. The lowest BCUT2D eigenvalue weighted by Crippen LogP contribution is -2.44. The molecule has 6 nitrogen and oxygen atoms in total. The monoisotopic (exact) mass is 367 g/mol. The molecule has 1 aromatic heterocycles. The predicted octanol–water partition coefficient (Wildman–Crippen LogP) is 3.06. The van der Waals surface area contributed by atoms with Crippen molar-refractivity contribution in [3.8, 4) is 11.8 Å². The van der Waals surface area contributed by atoms with E-state index in [0.717, 1.165) is 25.0 Å². The Morgan fingerprint density at radius 2 is 1.85 bits per heavy atom. The number of ether oxygens (including phenoxy) is 2. The Labute approximate surface area is 147 Å². The molecule has 0 bridgehead atoms. The summed E-state index contributed by atoms with van der Waals surface area (Å²) in [5.74, 6) is -0.638. The third-order valence-corrected chi connectivity index (χ3v) is 3.81. The Balaban J connectivity index is 1.62. The molecular formula is C17H16F3N3O3. The van der Waals surface area contributed by atoms with Crippen molar-refractivity contribution in [3.05, 3.63) is 48.3 Å². The van der Waals surface area contributed by atoms with Crippen molar-refractivity contribution in [2.45, 2.75) is 25.3 Å². The van der Waals surface area contributed by atoms with Crippen LogP contribution in [0.1, 0.15) is 23.2 Å². The molecule has 0 saturated carbocycles. The molecular weight excluding hydrogens is 351 g/mol. The lowest BCUT2D eigenvalue weighted by Gasteiger charge is -2.32. The normalized spacial score (nSPS) is 17.7. The smallest absolute Gasteiger partial charge is 0.458 e. The number of carbonyl (C=O) groups excluding carboxylic acids is 1. The summed E-state index contributed by atoms with van der Waals surface area (Å²) in [7, 11) is 0. The number of piperidine rings is 1. The largest absolute Gasteiger partial charge is 0.573 e. The molecule has 2 heterocycles. The Hall–Kier alpha value is -2.84. The van der Waals surface area contributed by atoms with Crippen LogP contribution in [-0.2, 0) is 0 Å². The van der Waals surface area contributed by atoms with Gasteiger partial charge in [0.05, 0.1) is 6.54 Å². The zero-order valence-electron chi connectivity index (χ0n) is 13.6. The highest BCUT2D eigenvalue weighted by molar-refractivity contribution is 5.94. The topological polar surface area (TPSA) is 64.5 Å². The van der Waals surface area contributed by atoms with Gasteiger partial charge < -0.3 is 14.4 Å². The van der Waals surface area contributed by atoms with Crippen molar-refractivity contribution in [1.82, 2.24) is 14.9 Å². The van der Waals surface area contributed by atoms with E-state index >= 15 is 0 Å². The van der Waals surface area contributed by atoms with Crippen molar-refractivity contribution >= 4 is 5.91 Å². The van der Waals surface area contributed by atoms with Crippen LogP contribution in [0.4, 0.5) is 13.2 Å². The van der Waals surface area contributed by atoms with E-state index in [1.54, 1.807) is 23.4 Å². The van der Waals surface area contributed by atoms with Gasteiger partial charge in [-0.2, -0.15) is 0 Å². The van der Waals surface area contributed by atoms with E-state index in [1.165, 1.54) is 12.1 Å². The molecule has 2 aromatic rings. The van der Waals surface area contributed by atoms with E-state index in [-0.39, 0.29) is 29.3 Å². The van der Waals surface area contributed by atoms with Gasteiger partial charge in [0.1, 0.15) is 11.9 Å². The van der Waals surface area contributed by atoms with Gasteiger partial charge in [0, 0.05) is 24.5 Å². The van der Waals surface area contributed by atoms with Gasteiger partial charge in [0.15, 0.2) is 0 Å². The highest BCUT2D eigenvalue weighted by Gasteiger charge is 2.31. The van der Waals surface area contributed by atoms with Gasteiger partial charge in [-0.3, -0.25) is 4.79 Å². The number of rotatable bonds is 4. The molecule has 1 aliphatic rings. The van der Waals surface area contributed by atoms with Gasteiger partial charge in [-0.15, -0.1) is 13.2 Å². The number of amides is 1. The summed E-state index contributed by atoms with van der Waals surface area (Å²) in [6.07, 6.45) is -0.346. The summed E-state index contributed by atoms with van der Waals surface area (Å²) >= 11 is 0. The molecule has 1 aromatic carbocycles. The number of hydrogen-bond acceptors (Lipinski definition) is 5. The van der Waals surface area contributed by atoms with Gasteiger partial charge in [-0.25, -0.2) is 9.97 Å². The van der Waals surface area contributed by atoms with Crippen molar-refractivity contribution in [2.75, 3.05) is 13.1 Å². The molecule has 1 aliphatic heterocycles. The van der Waals surface area contributed by atoms with E-state index in [9.17, 15) is 18.0 Å². The molecule has 1 amide bonds. The molecule has 0 spiro atoms. The van der Waals surface area contributed by atoms with Crippen LogP contribution in [0.15, 0.2) is 42.7 Å². The second kappa shape index (κ2) is 7.59. The lowest BCUT2D eigenvalue weighted by molar-refractivity contribution is -0.274. The average Bonchev–Trinajstić information content (AvgIpc) is 2.61. The number of nitrogens with zero attached hydrogens (tertiary/aromatic N) is 3. The van der Waals surface area contributed by atoms with Gasteiger partial charge in [0.2, 0.25) is 0 Å². The molecule has 26 heavy (non-hydrogen) atoms. The molecule has 138 valence electrons. The lowest BCUT2D eigenvalue weighted by atomic mass is 10.1. The fourth-order valence-corrected chi connectivity index (χ4v) is 2.70. The number of likely N-dealkylation sites (tertiary alicyclic amines) is 1. The molecule has 3 rings (SSSR count). The molecule has 1 unspecified atom stereocenters. The summed E-state index contributed by atoms with van der Waals surface area (Å²) in [6.45, 7) is 0.910. The summed E-state index contributed by atoms with van der Waals surface area (Å²) in [5, 5.41) is 0. The van der Waals surface area contributed by atoms with Crippen LogP contribution < -0.4 is 9.47 Å². The van der Waals surface area contributed by atoms with Gasteiger partial charge in [-0.1, -0.05) is 0 Å². The number of alkyl halides is 3. The first-order chi connectivity index (χ1) is 12.4. The van der Waals surface area contributed by atoms with E-state index in [0.29, 0.717) is 13.1 Å². The van der Waals surface area contributed by atoms with Gasteiger partial charge in [0.25, 0.3) is 5.91 Å². The first-order valence-corrected chi connectivity index (χ1v) is 7.99. The standard InChI is InChI=1S/C17H16F3N3O3/c18-17(19,20)26-13-6-4-12(5-7-13)15(24)23-10-1-3-14(11-23)25-16-21-8-2-9-22-16/h2,4-9,14H,1,3,10-11H2. The quantitative estimate of drug-likeness (QED) is 0.831. The third kappa shape index (κ3) is 4.84. The van der Waals surface area contributed by atoms with Gasteiger partial charge in [-0.05, 0) is 43.2 Å². The zero-order chi connectivity index (χ0) is 18.6. The molecule has 0 N–H and O–H groups in total. The van der Waals surface area contributed by atoms with Crippen LogP contribution in [0.3, 0.4) is 0 Å². The third-order valence-electron chi connectivity index (χ3n) is 3.81. The highest BCUT2D eigenvalue weighted by Crippen LogP contribution is 2.24. The van der Waals surface area contributed by atoms with Crippen molar-refractivity contribution in [2.24, 2.45) is 0 Å². The maximum atomic E-state index is 12.6. The Bertz CT molecular complexity index is 738. The van der Waals surface area contributed by atoms with Crippen LogP contribution >= 0.6 is 0 Å². The Kier molecular flexibility index (Phi) is 5.24. The molecule has 0 radical (unpaired) electrons. The fraction of sp³-hybridized carbons (Fsp3) is 0.353. The highest BCUT2D eigenvalue weighted by atomic mass is 19.4. The first kappa shape index (κ1) is 18.0. The number of aromatic nitrogens is 2. The summed E-state index contributed by atoms with van der Waals surface area (Å²) in [4.78, 5) is 22.2. The number of hydrogen-bond donors (Lipinski definition) is 0. The van der Waals surface area contributed by atoms with E-state index in [2.05, 4.69) is 14.7 Å². The molecule has 0 aliphatic carbocycles. The summed E-state index contributed by atoms with van der Waals surface area (Å²) in [6, 6.07) is 6.80. The summed E-state index contributed by atoms with van der Waals surface area (Å²) < 4.78 is 46.1. The molecule has 1 atom stereocenters. The minimum atomic E-state index is -4.76.